The zero-order valence-electron chi connectivity index (χ0n) is 17.3. The number of nitro groups is 1. The predicted octanol–water partition coefficient (Wildman–Crippen LogP) is 3.27. The summed E-state index contributed by atoms with van der Waals surface area (Å²) < 4.78 is 7.29. The highest BCUT2D eigenvalue weighted by Crippen LogP contribution is 2.23. The van der Waals surface area contributed by atoms with Crippen molar-refractivity contribution in [3.05, 3.63) is 81.6 Å². The Labute approximate surface area is 189 Å². The second-order valence-electron chi connectivity index (χ2n) is 7.36. The maximum absolute atomic E-state index is 12.9. The first-order valence-electron chi connectivity index (χ1n) is 10.2. The van der Waals surface area contributed by atoms with E-state index in [0.717, 1.165) is 19.6 Å². The molecule has 1 saturated heterocycles. The normalized spacial score (nSPS) is 14.3. The highest BCUT2D eigenvalue weighted by Gasteiger charge is 2.23. The molecule has 0 bridgehead atoms. The van der Waals surface area contributed by atoms with Crippen LogP contribution in [0.2, 0.25) is 5.02 Å². The minimum Gasteiger partial charge on any atom is -0.491 e. The number of halogens is 1. The molecule has 0 N–H and O–H groups in total. The number of hydrogen-bond acceptors (Lipinski definition) is 6. The number of benzene rings is 2. The van der Waals surface area contributed by atoms with E-state index >= 15 is 0 Å². The number of nitro benzene ring substituents is 1. The molecule has 166 valence electrons. The van der Waals surface area contributed by atoms with Gasteiger partial charge in [-0.3, -0.25) is 19.8 Å². The molecule has 4 rings (SSSR count). The molecule has 10 heteroatoms. The van der Waals surface area contributed by atoms with Crippen molar-refractivity contribution < 1.29 is 14.5 Å². The third-order valence-electron chi connectivity index (χ3n) is 5.32. The highest BCUT2D eigenvalue weighted by atomic mass is 35.5. The number of non-ortho nitro benzene ring substituents is 1. The van der Waals surface area contributed by atoms with Crippen LogP contribution in [-0.4, -0.2) is 69.7 Å². The van der Waals surface area contributed by atoms with Crippen LogP contribution in [0.4, 0.5) is 5.69 Å². The molecule has 1 fully saturated rings. The maximum Gasteiger partial charge on any atom is 0.269 e. The van der Waals surface area contributed by atoms with Crippen molar-refractivity contribution in [2.45, 2.75) is 0 Å². The van der Waals surface area contributed by atoms with Crippen LogP contribution in [-0.2, 0) is 0 Å². The summed E-state index contributed by atoms with van der Waals surface area (Å²) >= 11 is 6.10. The molecule has 0 atom stereocenters. The van der Waals surface area contributed by atoms with E-state index in [0.29, 0.717) is 41.7 Å². The molecule has 2 heterocycles. The van der Waals surface area contributed by atoms with Crippen molar-refractivity contribution in [1.82, 2.24) is 19.6 Å². The van der Waals surface area contributed by atoms with Gasteiger partial charge < -0.3 is 9.64 Å². The summed E-state index contributed by atoms with van der Waals surface area (Å²) in [6.45, 7) is 4.04. The van der Waals surface area contributed by atoms with E-state index < -0.39 is 4.92 Å². The smallest absolute Gasteiger partial charge is 0.269 e. The molecule has 1 aromatic heterocycles. The standard InChI is InChI=1S/C22H22ClN5O4/c23-20-3-1-2-4-21(20)32-14-13-25-9-11-26(12-10-25)22(29)17-15-24-27(16-17)18-5-7-19(8-6-18)28(30)31/h1-8,15-16H,9-14H2. The summed E-state index contributed by atoms with van der Waals surface area (Å²) in [7, 11) is 0. The first-order chi connectivity index (χ1) is 15.5. The van der Waals surface area contributed by atoms with E-state index in [1.54, 1.807) is 29.1 Å². The number of carbonyl (C=O) groups is 1. The molecule has 32 heavy (non-hydrogen) atoms. The number of piperazine rings is 1. The number of rotatable bonds is 7. The fraction of sp³-hybridized carbons (Fsp3) is 0.273. The molecular formula is C22H22ClN5O4. The minimum atomic E-state index is -0.454. The van der Waals surface area contributed by atoms with Crippen molar-refractivity contribution in [3.63, 3.8) is 0 Å². The molecule has 2 aromatic carbocycles. The van der Waals surface area contributed by atoms with E-state index in [9.17, 15) is 14.9 Å². The molecular weight excluding hydrogens is 434 g/mol. The van der Waals surface area contributed by atoms with Crippen LogP contribution in [0.3, 0.4) is 0 Å². The Morgan fingerprint density at radius 1 is 1.09 bits per heavy atom. The molecule has 0 unspecified atom stereocenters. The Morgan fingerprint density at radius 2 is 1.81 bits per heavy atom. The van der Waals surface area contributed by atoms with Crippen LogP contribution in [0, 0.1) is 10.1 Å². The van der Waals surface area contributed by atoms with Gasteiger partial charge in [0.25, 0.3) is 11.6 Å². The van der Waals surface area contributed by atoms with Gasteiger partial charge in [0.2, 0.25) is 0 Å². The fourth-order valence-corrected chi connectivity index (χ4v) is 3.70. The number of para-hydroxylation sites is 1. The van der Waals surface area contributed by atoms with Gasteiger partial charge in [0.1, 0.15) is 12.4 Å². The number of amides is 1. The second kappa shape index (κ2) is 9.80. The van der Waals surface area contributed by atoms with Gasteiger partial charge in [0.05, 0.1) is 27.4 Å². The van der Waals surface area contributed by atoms with Crippen molar-refractivity contribution in [2.24, 2.45) is 0 Å². The van der Waals surface area contributed by atoms with Gasteiger partial charge >= 0.3 is 0 Å². The minimum absolute atomic E-state index is 0.00680. The summed E-state index contributed by atoms with van der Waals surface area (Å²) in [6, 6.07) is 13.4. The molecule has 0 spiro atoms. The quantitative estimate of drug-likeness (QED) is 0.401. The zero-order chi connectivity index (χ0) is 22.5. The lowest BCUT2D eigenvalue weighted by Gasteiger charge is -2.34. The van der Waals surface area contributed by atoms with Crippen LogP contribution in [0.1, 0.15) is 10.4 Å². The molecule has 3 aromatic rings. The van der Waals surface area contributed by atoms with Gasteiger partial charge in [0.15, 0.2) is 0 Å². The van der Waals surface area contributed by atoms with Crippen LogP contribution < -0.4 is 4.74 Å². The summed E-state index contributed by atoms with van der Waals surface area (Å²) in [5.74, 6) is 0.596. The predicted molar refractivity (Wildman–Crippen MR) is 120 cm³/mol. The number of ether oxygens (including phenoxy) is 1. The van der Waals surface area contributed by atoms with Crippen LogP contribution >= 0.6 is 11.6 Å². The van der Waals surface area contributed by atoms with Crippen LogP contribution in [0.15, 0.2) is 60.9 Å². The van der Waals surface area contributed by atoms with Crippen molar-refractivity contribution >= 4 is 23.2 Å². The topological polar surface area (TPSA) is 93.7 Å². The maximum atomic E-state index is 12.9. The molecule has 9 nitrogen and oxygen atoms in total. The van der Waals surface area contributed by atoms with E-state index in [1.807, 2.05) is 23.1 Å². The lowest BCUT2D eigenvalue weighted by Crippen LogP contribution is -2.49. The Bertz CT molecular complexity index is 1090. The van der Waals surface area contributed by atoms with Crippen LogP contribution in [0.25, 0.3) is 5.69 Å². The fourth-order valence-electron chi connectivity index (χ4n) is 3.51. The van der Waals surface area contributed by atoms with Crippen molar-refractivity contribution in [2.75, 3.05) is 39.3 Å². The van der Waals surface area contributed by atoms with Gasteiger partial charge in [-0.1, -0.05) is 23.7 Å². The van der Waals surface area contributed by atoms with E-state index in [4.69, 9.17) is 16.3 Å². The average Bonchev–Trinajstić information content (AvgIpc) is 3.31. The summed E-state index contributed by atoms with van der Waals surface area (Å²) in [5, 5.41) is 15.6. The molecule has 0 aliphatic carbocycles. The van der Waals surface area contributed by atoms with Gasteiger partial charge in [-0.2, -0.15) is 5.10 Å². The first kappa shape index (κ1) is 21.8. The van der Waals surface area contributed by atoms with Crippen LogP contribution in [0.5, 0.6) is 5.75 Å². The largest absolute Gasteiger partial charge is 0.491 e. The Kier molecular flexibility index (Phi) is 6.67. The Balaban J connectivity index is 1.27. The number of carbonyl (C=O) groups excluding carboxylic acids is 1. The number of hydrogen-bond donors (Lipinski definition) is 0. The molecule has 1 aliphatic rings. The summed E-state index contributed by atoms with van der Waals surface area (Å²) in [5.41, 5.74) is 1.14. The van der Waals surface area contributed by atoms with Crippen molar-refractivity contribution in [3.8, 4) is 11.4 Å². The first-order valence-corrected chi connectivity index (χ1v) is 10.6. The number of nitrogens with zero attached hydrogens (tertiary/aromatic N) is 5. The van der Waals surface area contributed by atoms with Gasteiger partial charge in [-0.15, -0.1) is 0 Å². The van der Waals surface area contributed by atoms with Gasteiger partial charge in [0, 0.05) is 51.1 Å². The highest BCUT2D eigenvalue weighted by molar-refractivity contribution is 6.32. The van der Waals surface area contributed by atoms with E-state index in [2.05, 4.69) is 10.00 Å². The van der Waals surface area contributed by atoms with Gasteiger partial charge in [-0.05, 0) is 24.3 Å². The monoisotopic (exact) mass is 455 g/mol. The molecule has 0 radical (unpaired) electrons. The Morgan fingerprint density at radius 3 is 2.50 bits per heavy atom. The summed E-state index contributed by atoms with van der Waals surface area (Å²) in [6.07, 6.45) is 3.17. The molecule has 1 amide bonds. The average molecular weight is 456 g/mol. The molecule has 1 aliphatic heterocycles. The van der Waals surface area contributed by atoms with Crippen molar-refractivity contribution in [1.29, 1.82) is 0 Å². The number of aromatic nitrogens is 2. The van der Waals surface area contributed by atoms with Gasteiger partial charge in [-0.25, -0.2) is 4.68 Å². The molecule has 0 saturated carbocycles. The third-order valence-corrected chi connectivity index (χ3v) is 5.63. The summed E-state index contributed by atoms with van der Waals surface area (Å²) in [4.78, 5) is 27.3. The zero-order valence-corrected chi connectivity index (χ0v) is 18.0. The lowest BCUT2D eigenvalue weighted by molar-refractivity contribution is -0.384. The Hall–Kier alpha value is -3.43. The van der Waals surface area contributed by atoms with E-state index in [1.165, 1.54) is 18.3 Å². The van der Waals surface area contributed by atoms with E-state index in [-0.39, 0.29) is 11.6 Å². The lowest BCUT2D eigenvalue weighted by atomic mass is 10.2. The third kappa shape index (κ3) is 5.06. The SMILES string of the molecule is O=C(c1cnn(-c2ccc([N+](=O)[O-])cc2)c1)N1CCN(CCOc2ccccc2Cl)CC1. The second-order valence-corrected chi connectivity index (χ2v) is 7.77.